The molecule has 2 aromatic carbocycles. The molecule has 9 heteroatoms. The van der Waals surface area contributed by atoms with Crippen molar-refractivity contribution in [1.82, 2.24) is 20.2 Å². The molecular formula is C17H14BrF2N5O. The van der Waals surface area contributed by atoms with Crippen LogP contribution in [0, 0.1) is 0 Å². The van der Waals surface area contributed by atoms with Crippen LogP contribution >= 0.6 is 15.9 Å². The first-order chi connectivity index (χ1) is 12.6. The number of benzene rings is 2. The molecule has 134 valence electrons. The van der Waals surface area contributed by atoms with E-state index in [2.05, 4.69) is 41.5 Å². The maximum atomic E-state index is 12.3. The predicted octanol–water partition coefficient (Wildman–Crippen LogP) is 4.18. The molecule has 1 aromatic heterocycles. The van der Waals surface area contributed by atoms with Crippen LogP contribution in [0.4, 0.5) is 14.7 Å². The Hall–Kier alpha value is -2.55. The minimum Gasteiger partial charge on any atom is -0.435 e. The fourth-order valence-corrected chi connectivity index (χ4v) is 3.36. The first-order valence-corrected chi connectivity index (χ1v) is 8.74. The van der Waals surface area contributed by atoms with Crippen molar-refractivity contribution in [3.63, 3.8) is 0 Å². The second-order valence-corrected chi connectivity index (χ2v) is 6.81. The molecule has 0 saturated heterocycles. The molecule has 0 fully saturated rings. The van der Waals surface area contributed by atoms with E-state index < -0.39 is 6.61 Å². The van der Waals surface area contributed by atoms with Gasteiger partial charge in [0.25, 0.3) is 0 Å². The summed E-state index contributed by atoms with van der Waals surface area (Å²) >= 11 is 3.44. The van der Waals surface area contributed by atoms with Crippen molar-refractivity contribution in [1.29, 1.82) is 0 Å². The van der Waals surface area contributed by atoms with Crippen molar-refractivity contribution in [3.8, 4) is 5.75 Å². The SMILES string of the molecule is FC(F)Oc1ccc([C@@H]2C[C@H](c3ccc(Br)cc3)n3nnnc3N2)cc1. The minimum absolute atomic E-state index is 0.0312. The molecule has 0 radical (unpaired) electrons. The Kier molecular flexibility index (Phi) is 4.54. The topological polar surface area (TPSA) is 64.9 Å². The molecule has 1 aliphatic rings. The first kappa shape index (κ1) is 16.9. The van der Waals surface area contributed by atoms with Crippen molar-refractivity contribution >= 4 is 21.9 Å². The average Bonchev–Trinajstić information content (AvgIpc) is 3.10. The lowest BCUT2D eigenvalue weighted by atomic mass is 9.93. The van der Waals surface area contributed by atoms with Crippen LogP contribution in [0.2, 0.25) is 0 Å². The molecule has 26 heavy (non-hydrogen) atoms. The van der Waals surface area contributed by atoms with E-state index in [0.717, 1.165) is 15.6 Å². The summed E-state index contributed by atoms with van der Waals surface area (Å²) in [6, 6.07) is 14.6. The lowest BCUT2D eigenvalue weighted by Gasteiger charge is -2.31. The minimum atomic E-state index is -2.83. The van der Waals surface area contributed by atoms with Crippen LogP contribution in [0.3, 0.4) is 0 Å². The Labute approximate surface area is 156 Å². The zero-order valence-corrected chi connectivity index (χ0v) is 15.0. The second-order valence-electron chi connectivity index (χ2n) is 5.89. The van der Waals surface area contributed by atoms with E-state index in [4.69, 9.17) is 0 Å². The van der Waals surface area contributed by atoms with E-state index in [1.54, 1.807) is 16.8 Å². The highest BCUT2D eigenvalue weighted by Gasteiger charge is 2.30. The lowest BCUT2D eigenvalue weighted by Crippen LogP contribution is -2.28. The van der Waals surface area contributed by atoms with Gasteiger partial charge < -0.3 is 10.1 Å². The monoisotopic (exact) mass is 421 g/mol. The molecule has 2 heterocycles. The van der Waals surface area contributed by atoms with Crippen molar-refractivity contribution in [2.75, 3.05) is 5.32 Å². The molecule has 0 saturated carbocycles. The van der Waals surface area contributed by atoms with Crippen LogP contribution in [0.15, 0.2) is 53.0 Å². The second kappa shape index (κ2) is 6.99. The highest BCUT2D eigenvalue weighted by atomic mass is 79.9. The highest BCUT2D eigenvalue weighted by molar-refractivity contribution is 9.10. The Bertz CT molecular complexity index is 885. The smallest absolute Gasteiger partial charge is 0.387 e. The summed E-state index contributed by atoms with van der Waals surface area (Å²) in [5.74, 6) is 0.705. The number of alkyl halides is 2. The van der Waals surface area contributed by atoms with E-state index in [0.29, 0.717) is 12.4 Å². The van der Waals surface area contributed by atoms with Gasteiger partial charge >= 0.3 is 6.61 Å². The molecular weight excluding hydrogens is 408 g/mol. The van der Waals surface area contributed by atoms with Crippen LogP contribution in [0.25, 0.3) is 0 Å². The van der Waals surface area contributed by atoms with Gasteiger partial charge in [0.05, 0.1) is 12.1 Å². The predicted molar refractivity (Wildman–Crippen MR) is 94.2 cm³/mol. The normalized spacial score (nSPS) is 19.1. The van der Waals surface area contributed by atoms with Gasteiger partial charge in [-0.3, -0.25) is 0 Å². The van der Waals surface area contributed by atoms with Crippen LogP contribution in [-0.2, 0) is 0 Å². The molecule has 1 N–H and O–H groups in total. The maximum absolute atomic E-state index is 12.3. The highest BCUT2D eigenvalue weighted by Crippen LogP contribution is 2.37. The van der Waals surface area contributed by atoms with Gasteiger partial charge in [0, 0.05) is 4.47 Å². The summed E-state index contributed by atoms with van der Waals surface area (Å²) < 4.78 is 31.8. The number of ether oxygens (including phenoxy) is 1. The first-order valence-electron chi connectivity index (χ1n) is 7.95. The number of fused-ring (bicyclic) bond motifs is 1. The van der Waals surface area contributed by atoms with E-state index in [1.165, 1.54) is 12.1 Å². The largest absolute Gasteiger partial charge is 0.435 e. The Morgan fingerprint density at radius 1 is 1.08 bits per heavy atom. The van der Waals surface area contributed by atoms with Gasteiger partial charge in [-0.15, -0.1) is 0 Å². The van der Waals surface area contributed by atoms with Gasteiger partial charge in [0.2, 0.25) is 5.95 Å². The number of rotatable bonds is 4. The van der Waals surface area contributed by atoms with E-state index >= 15 is 0 Å². The van der Waals surface area contributed by atoms with Crippen LogP contribution < -0.4 is 10.1 Å². The summed E-state index contributed by atoms with van der Waals surface area (Å²) in [5.41, 5.74) is 2.04. The van der Waals surface area contributed by atoms with Gasteiger partial charge in [-0.05, 0) is 52.2 Å². The molecule has 0 bridgehead atoms. The number of aromatic nitrogens is 4. The van der Waals surface area contributed by atoms with Crippen LogP contribution in [0.1, 0.15) is 29.6 Å². The quantitative estimate of drug-likeness (QED) is 0.684. The van der Waals surface area contributed by atoms with Crippen molar-refractivity contribution in [3.05, 3.63) is 64.1 Å². The Morgan fingerprint density at radius 2 is 1.77 bits per heavy atom. The number of nitrogens with one attached hydrogen (secondary N) is 1. The fourth-order valence-electron chi connectivity index (χ4n) is 3.10. The fraction of sp³-hybridized carbons (Fsp3) is 0.235. The number of tetrazole rings is 1. The van der Waals surface area contributed by atoms with Gasteiger partial charge in [-0.2, -0.15) is 8.78 Å². The lowest BCUT2D eigenvalue weighted by molar-refractivity contribution is -0.0498. The molecule has 0 amide bonds. The number of anilines is 1. The van der Waals surface area contributed by atoms with Crippen molar-refractivity contribution < 1.29 is 13.5 Å². The third-order valence-corrected chi connectivity index (χ3v) is 4.84. The van der Waals surface area contributed by atoms with Gasteiger partial charge in [0.15, 0.2) is 0 Å². The standard InChI is InChI=1S/C17H14BrF2N5O/c18-12-5-1-11(2-6-12)15-9-14(21-17-22-23-24-25(15)17)10-3-7-13(8-4-10)26-16(19)20/h1-8,14-16H,9H2,(H,21,22,24)/t14-,15+/m0/s1. The van der Waals surface area contributed by atoms with Crippen molar-refractivity contribution in [2.45, 2.75) is 25.1 Å². The summed E-state index contributed by atoms with van der Waals surface area (Å²) in [5, 5.41) is 15.2. The molecule has 6 nitrogen and oxygen atoms in total. The molecule has 0 aliphatic carbocycles. The zero-order valence-electron chi connectivity index (χ0n) is 13.4. The number of hydrogen-bond acceptors (Lipinski definition) is 5. The molecule has 1 aliphatic heterocycles. The number of nitrogens with zero attached hydrogens (tertiary/aromatic N) is 4. The number of halogens is 3. The molecule has 0 unspecified atom stereocenters. The molecule has 0 spiro atoms. The summed E-state index contributed by atoms with van der Waals surface area (Å²) in [7, 11) is 0. The van der Waals surface area contributed by atoms with Gasteiger partial charge in [-0.25, -0.2) is 4.68 Å². The summed E-state index contributed by atoms with van der Waals surface area (Å²) in [6.45, 7) is -2.83. The summed E-state index contributed by atoms with van der Waals surface area (Å²) in [4.78, 5) is 0. The third kappa shape index (κ3) is 3.39. The third-order valence-electron chi connectivity index (χ3n) is 4.31. The number of hydrogen-bond donors (Lipinski definition) is 1. The summed E-state index contributed by atoms with van der Waals surface area (Å²) in [6.07, 6.45) is 0.717. The Balaban J connectivity index is 1.62. The van der Waals surface area contributed by atoms with E-state index in [1.807, 2.05) is 24.3 Å². The van der Waals surface area contributed by atoms with Crippen molar-refractivity contribution in [2.24, 2.45) is 0 Å². The van der Waals surface area contributed by atoms with Gasteiger partial charge in [0.1, 0.15) is 5.75 Å². The molecule has 4 rings (SSSR count). The van der Waals surface area contributed by atoms with E-state index in [-0.39, 0.29) is 17.8 Å². The van der Waals surface area contributed by atoms with Gasteiger partial charge in [-0.1, -0.05) is 45.3 Å². The van der Waals surface area contributed by atoms with Crippen LogP contribution in [-0.4, -0.2) is 26.8 Å². The zero-order chi connectivity index (χ0) is 18.1. The Morgan fingerprint density at radius 3 is 2.46 bits per heavy atom. The van der Waals surface area contributed by atoms with E-state index in [9.17, 15) is 8.78 Å². The maximum Gasteiger partial charge on any atom is 0.387 e. The molecule has 3 aromatic rings. The molecule has 2 atom stereocenters. The van der Waals surface area contributed by atoms with Crippen LogP contribution in [0.5, 0.6) is 5.75 Å². The average molecular weight is 422 g/mol.